The topological polar surface area (TPSA) is 38.3 Å². The molecular formula is C14H9ClF3NO2. The van der Waals surface area contributed by atoms with Crippen LogP contribution < -0.4 is 10.1 Å². The number of amides is 1. The lowest BCUT2D eigenvalue weighted by molar-refractivity contribution is -0.0498. The first-order valence-corrected chi connectivity index (χ1v) is 6.15. The summed E-state index contributed by atoms with van der Waals surface area (Å²) in [6.07, 6.45) is 0. The van der Waals surface area contributed by atoms with Crippen LogP contribution >= 0.6 is 11.6 Å². The third-order valence-corrected chi connectivity index (χ3v) is 2.81. The molecule has 0 bridgehead atoms. The molecule has 2 aromatic rings. The molecule has 0 heterocycles. The van der Waals surface area contributed by atoms with Crippen LogP contribution in [0.5, 0.6) is 5.75 Å². The third kappa shape index (κ3) is 3.88. The molecule has 0 aromatic heterocycles. The van der Waals surface area contributed by atoms with E-state index in [1.165, 1.54) is 36.4 Å². The molecule has 0 saturated carbocycles. The third-order valence-electron chi connectivity index (χ3n) is 2.52. The fraction of sp³-hybridized carbons (Fsp3) is 0.0714. The fourth-order valence-corrected chi connectivity index (χ4v) is 1.78. The van der Waals surface area contributed by atoms with Crippen molar-refractivity contribution in [3.05, 3.63) is 58.9 Å². The number of nitrogens with one attached hydrogen (secondary N) is 1. The molecule has 0 radical (unpaired) electrons. The zero-order chi connectivity index (χ0) is 15.4. The van der Waals surface area contributed by atoms with Crippen LogP contribution in [-0.4, -0.2) is 12.5 Å². The first-order valence-electron chi connectivity index (χ1n) is 5.77. The molecule has 0 aliphatic rings. The average molecular weight is 316 g/mol. The molecule has 7 heteroatoms. The lowest BCUT2D eigenvalue weighted by Crippen LogP contribution is -2.13. The van der Waals surface area contributed by atoms with Gasteiger partial charge in [0.2, 0.25) is 0 Å². The highest BCUT2D eigenvalue weighted by molar-refractivity contribution is 6.31. The Labute approximate surface area is 123 Å². The summed E-state index contributed by atoms with van der Waals surface area (Å²) >= 11 is 5.60. The molecule has 0 saturated heterocycles. The first kappa shape index (κ1) is 15.2. The summed E-state index contributed by atoms with van der Waals surface area (Å²) in [4.78, 5) is 12.0. The van der Waals surface area contributed by atoms with Gasteiger partial charge in [-0.25, -0.2) is 4.39 Å². The molecule has 0 atom stereocenters. The van der Waals surface area contributed by atoms with E-state index >= 15 is 0 Å². The number of hydrogen-bond acceptors (Lipinski definition) is 2. The van der Waals surface area contributed by atoms with Gasteiger partial charge in [-0.2, -0.15) is 8.78 Å². The molecule has 0 aliphatic carbocycles. The molecule has 0 spiro atoms. The fourth-order valence-electron chi connectivity index (χ4n) is 1.61. The Bertz CT molecular complexity index is 664. The summed E-state index contributed by atoms with van der Waals surface area (Å²) in [7, 11) is 0. The first-order chi connectivity index (χ1) is 9.97. The van der Waals surface area contributed by atoms with Crippen LogP contribution in [0.1, 0.15) is 10.4 Å². The lowest BCUT2D eigenvalue weighted by atomic mass is 10.2. The van der Waals surface area contributed by atoms with Gasteiger partial charge in [-0.15, -0.1) is 0 Å². The molecule has 0 aliphatic heterocycles. The van der Waals surface area contributed by atoms with Crippen molar-refractivity contribution in [2.75, 3.05) is 5.32 Å². The van der Waals surface area contributed by atoms with Gasteiger partial charge < -0.3 is 10.1 Å². The highest BCUT2D eigenvalue weighted by Gasteiger charge is 2.13. The standard InChI is InChI=1S/C14H9ClF3NO2/c15-10-5-2-6-11(12(10)16)19-13(20)8-3-1-4-9(7-8)21-14(17)18/h1-7,14H,(H,19,20). The van der Waals surface area contributed by atoms with E-state index < -0.39 is 18.3 Å². The zero-order valence-electron chi connectivity index (χ0n) is 10.4. The van der Waals surface area contributed by atoms with E-state index in [9.17, 15) is 18.0 Å². The van der Waals surface area contributed by atoms with Crippen molar-refractivity contribution < 1.29 is 22.7 Å². The van der Waals surface area contributed by atoms with Gasteiger partial charge in [0.05, 0.1) is 10.7 Å². The van der Waals surface area contributed by atoms with Crippen molar-refractivity contribution in [2.45, 2.75) is 6.61 Å². The van der Waals surface area contributed by atoms with Crippen LogP contribution in [0.15, 0.2) is 42.5 Å². The average Bonchev–Trinajstić information content (AvgIpc) is 2.43. The number of anilines is 1. The Hall–Kier alpha value is -2.21. The summed E-state index contributed by atoms with van der Waals surface area (Å²) in [5.74, 6) is -1.60. The van der Waals surface area contributed by atoms with E-state index in [2.05, 4.69) is 10.1 Å². The maximum Gasteiger partial charge on any atom is 0.387 e. The van der Waals surface area contributed by atoms with E-state index in [-0.39, 0.29) is 22.0 Å². The number of halogens is 4. The van der Waals surface area contributed by atoms with Crippen molar-refractivity contribution in [1.29, 1.82) is 0 Å². The minimum absolute atomic E-state index is 0.0486. The van der Waals surface area contributed by atoms with Crippen molar-refractivity contribution in [1.82, 2.24) is 0 Å². The summed E-state index contributed by atoms with van der Waals surface area (Å²) in [5, 5.41) is 2.17. The van der Waals surface area contributed by atoms with Crippen molar-refractivity contribution in [2.24, 2.45) is 0 Å². The van der Waals surface area contributed by atoms with Crippen LogP contribution in [-0.2, 0) is 0 Å². The van der Waals surface area contributed by atoms with Gasteiger partial charge in [-0.05, 0) is 30.3 Å². The number of carbonyl (C=O) groups is 1. The maximum atomic E-state index is 13.7. The number of rotatable bonds is 4. The Kier molecular flexibility index (Phi) is 4.70. The Morgan fingerprint density at radius 1 is 1.19 bits per heavy atom. The van der Waals surface area contributed by atoms with Crippen LogP contribution in [0.2, 0.25) is 5.02 Å². The Morgan fingerprint density at radius 3 is 2.62 bits per heavy atom. The van der Waals surface area contributed by atoms with Crippen LogP contribution in [0.3, 0.4) is 0 Å². The van der Waals surface area contributed by atoms with Gasteiger partial charge >= 0.3 is 6.61 Å². The SMILES string of the molecule is O=C(Nc1cccc(Cl)c1F)c1cccc(OC(F)F)c1. The van der Waals surface area contributed by atoms with Crippen LogP contribution in [0.4, 0.5) is 18.9 Å². The monoisotopic (exact) mass is 315 g/mol. The van der Waals surface area contributed by atoms with Gasteiger partial charge in [-0.1, -0.05) is 23.7 Å². The van der Waals surface area contributed by atoms with Gasteiger partial charge in [0.1, 0.15) is 5.75 Å². The molecule has 2 aromatic carbocycles. The Morgan fingerprint density at radius 2 is 1.90 bits per heavy atom. The maximum absolute atomic E-state index is 13.7. The minimum atomic E-state index is -2.99. The number of alkyl halides is 2. The highest BCUT2D eigenvalue weighted by Crippen LogP contribution is 2.23. The minimum Gasteiger partial charge on any atom is -0.435 e. The molecule has 1 amide bonds. The second-order valence-corrected chi connectivity index (χ2v) is 4.37. The molecular weight excluding hydrogens is 307 g/mol. The van der Waals surface area contributed by atoms with Crippen LogP contribution in [0, 0.1) is 5.82 Å². The largest absolute Gasteiger partial charge is 0.435 e. The molecule has 2 rings (SSSR count). The van der Waals surface area contributed by atoms with Gasteiger partial charge in [0.25, 0.3) is 5.91 Å². The van der Waals surface area contributed by atoms with Gasteiger partial charge in [-0.3, -0.25) is 4.79 Å². The van der Waals surface area contributed by atoms with Crippen molar-refractivity contribution in [3.8, 4) is 5.75 Å². The smallest absolute Gasteiger partial charge is 0.387 e. The van der Waals surface area contributed by atoms with Gasteiger partial charge in [0.15, 0.2) is 5.82 Å². The second-order valence-electron chi connectivity index (χ2n) is 3.96. The van der Waals surface area contributed by atoms with E-state index in [0.29, 0.717) is 0 Å². The van der Waals surface area contributed by atoms with E-state index in [1.54, 1.807) is 0 Å². The van der Waals surface area contributed by atoms with Crippen LogP contribution in [0.25, 0.3) is 0 Å². The predicted octanol–water partition coefficient (Wildman–Crippen LogP) is 4.33. The van der Waals surface area contributed by atoms with Crippen molar-refractivity contribution in [3.63, 3.8) is 0 Å². The van der Waals surface area contributed by atoms with E-state index in [1.807, 2.05) is 0 Å². The summed E-state index contributed by atoms with van der Waals surface area (Å²) < 4.78 is 42.1. The van der Waals surface area contributed by atoms with Gasteiger partial charge in [0, 0.05) is 5.56 Å². The number of ether oxygens (including phenoxy) is 1. The summed E-state index contributed by atoms with van der Waals surface area (Å²) in [5.41, 5.74) is -0.0554. The predicted molar refractivity (Wildman–Crippen MR) is 72.4 cm³/mol. The van der Waals surface area contributed by atoms with E-state index in [4.69, 9.17) is 11.6 Å². The zero-order valence-corrected chi connectivity index (χ0v) is 11.2. The molecule has 21 heavy (non-hydrogen) atoms. The Balaban J connectivity index is 2.18. The quantitative estimate of drug-likeness (QED) is 0.912. The highest BCUT2D eigenvalue weighted by atomic mass is 35.5. The summed E-state index contributed by atoms with van der Waals surface area (Å²) in [6.45, 7) is -2.99. The molecule has 0 fully saturated rings. The van der Waals surface area contributed by atoms with E-state index in [0.717, 1.165) is 6.07 Å². The van der Waals surface area contributed by atoms with Crippen molar-refractivity contribution >= 4 is 23.2 Å². The summed E-state index contributed by atoms with van der Waals surface area (Å²) in [6, 6.07) is 9.31. The second kappa shape index (κ2) is 6.49. The normalized spacial score (nSPS) is 10.5. The number of hydrogen-bond donors (Lipinski definition) is 1. The number of benzene rings is 2. The molecule has 3 nitrogen and oxygen atoms in total. The molecule has 110 valence electrons. The lowest BCUT2D eigenvalue weighted by Gasteiger charge is -2.09. The molecule has 0 unspecified atom stereocenters. The molecule has 1 N–H and O–H groups in total. The number of carbonyl (C=O) groups excluding carboxylic acids is 1.